The summed E-state index contributed by atoms with van der Waals surface area (Å²) in [7, 11) is 1.59. The second kappa shape index (κ2) is 10.8. The molecular weight excluding hydrogens is 421 g/mol. The second-order valence-electron chi connectivity index (χ2n) is 5.93. The third-order valence-corrected chi connectivity index (χ3v) is 5.17. The fraction of sp³-hybridized carbons (Fsp3) is 0.400. The number of hydrogen-bond donors (Lipinski definition) is 1. The van der Waals surface area contributed by atoms with Gasteiger partial charge in [0.05, 0.1) is 12.1 Å². The van der Waals surface area contributed by atoms with Crippen LogP contribution in [-0.4, -0.2) is 13.7 Å². The number of unbranched alkanes of at least 4 members (excludes halogenated alkanes) is 2. The molecule has 0 saturated carbocycles. The second-order valence-corrected chi connectivity index (χ2v) is 7.19. The van der Waals surface area contributed by atoms with Gasteiger partial charge in [0.15, 0.2) is 11.5 Å². The number of benzene rings is 2. The summed E-state index contributed by atoms with van der Waals surface area (Å²) in [5.41, 5.74) is 1.27. The fourth-order valence-electron chi connectivity index (χ4n) is 2.59. The van der Waals surface area contributed by atoms with Crippen molar-refractivity contribution < 1.29 is 13.9 Å². The van der Waals surface area contributed by atoms with Gasteiger partial charge in [-0.2, -0.15) is 0 Å². The molecule has 3 nitrogen and oxygen atoms in total. The van der Waals surface area contributed by atoms with Crippen LogP contribution in [0.25, 0.3) is 0 Å². The third-order valence-electron chi connectivity index (χ3n) is 4.07. The molecule has 0 spiro atoms. The lowest BCUT2D eigenvalue weighted by Crippen LogP contribution is -2.16. The Balaban J connectivity index is 2.18. The molecule has 0 saturated heterocycles. The first-order valence-corrected chi connectivity index (χ1v) is 9.87. The van der Waals surface area contributed by atoms with Crippen molar-refractivity contribution in [3.05, 3.63) is 56.8 Å². The maximum absolute atomic E-state index is 14.0. The summed E-state index contributed by atoms with van der Waals surface area (Å²) < 4.78 is 26.3. The highest BCUT2D eigenvalue weighted by atomic mass is 79.9. The quantitative estimate of drug-likeness (QED) is 0.449. The van der Waals surface area contributed by atoms with Crippen LogP contribution in [0.4, 0.5) is 4.39 Å². The smallest absolute Gasteiger partial charge is 0.167 e. The molecule has 0 radical (unpaired) electrons. The van der Waals surface area contributed by atoms with Crippen LogP contribution in [0.2, 0.25) is 5.02 Å². The Morgan fingerprint density at radius 3 is 2.65 bits per heavy atom. The molecule has 1 N–H and O–H groups in total. The van der Waals surface area contributed by atoms with Crippen LogP contribution in [0.1, 0.15) is 37.3 Å². The van der Waals surface area contributed by atoms with Gasteiger partial charge < -0.3 is 14.8 Å². The number of halogens is 3. The number of rotatable bonds is 10. The van der Waals surface area contributed by atoms with E-state index in [9.17, 15) is 4.39 Å². The lowest BCUT2D eigenvalue weighted by Gasteiger charge is -2.18. The van der Waals surface area contributed by atoms with Crippen molar-refractivity contribution in [1.82, 2.24) is 5.32 Å². The average molecular weight is 445 g/mol. The summed E-state index contributed by atoms with van der Waals surface area (Å²) >= 11 is 9.67. The minimum atomic E-state index is -0.384. The van der Waals surface area contributed by atoms with E-state index in [1.165, 1.54) is 18.9 Å². The Labute approximate surface area is 168 Å². The van der Waals surface area contributed by atoms with Crippen LogP contribution in [0.5, 0.6) is 11.5 Å². The fourth-order valence-corrected chi connectivity index (χ4v) is 3.26. The zero-order chi connectivity index (χ0) is 18.9. The first kappa shape index (κ1) is 21.0. The van der Waals surface area contributed by atoms with Gasteiger partial charge in [0.1, 0.15) is 12.4 Å². The van der Waals surface area contributed by atoms with Crippen LogP contribution in [-0.2, 0) is 13.2 Å². The van der Waals surface area contributed by atoms with Gasteiger partial charge in [-0.05, 0) is 37.2 Å². The molecule has 0 aliphatic carbocycles. The van der Waals surface area contributed by atoms with Crippen LogP contribution >= 0.6 is 27.5 Å². The summed E-state index contributed by atoms with van der Waals surface area (Å²) in [4.78, 5) is 0. The van der Waals surface area contributed by atoms with Crippen LogP contribution in [0, 0.1) is 5.82 Å². The van der Waals surface area contributed by atoms with Crippen molar-refractivity contribution in [2.45, 2.75) is 39.3 Å². The maximum atomic E-state index is 14.0. The van der Waals surface area contributed by atoms with Gasteiger partial charge in [-0.3, -0.25) is 0 Å². The van der Waals surface area contributed by atoms with Gasteiger partial charge in [-0.1, -0.05) is 53.4 Å². The molecule has 142 valence electrons. The zero-order valence-electron chi connectivity index (χ0n) is 15.1. The van der Waals surface area contributed by atoms with Crippen molar-refractivity contribution in [3.63, 3.8) is 0 Å². The van der Waals surface area contributed by atoms with Crippen molar-refractivity contribution in [2.24, 2.45) is 0 Å². The minimum Gasteiger partial charge on any atom is -0.493 e. The summed E-state index contributed by atoms with van der Waals surface area (Å²) in [6.07, 6.45) is 3.50. The van der Waals surface area contributed by atoms with Crippen LogP contribution in [0.15, 0.2) is 34.8 Å². The molecule has 0 aromatic heterocycles. The van der Waals surface area contributed by atoms with E-state index in [0.717, 1.165) is 23.0 Å². The van der Waals surface area contributed by atoms with Crippen LogP contribution in [0.3, 0.4) is 0 Å². The third kappa shape index (κ3) is 5.60. The van der Waals surface area contributed by atoms with E-state index in [0.29, 0.717) is 28.6 Å². The highest BCUT2D eigenvalue weighted by Gasteiger charge is 2.16. The largest absolute Gasteiger partial charge is 0.493 e. The summed E-state index contributed by atoms with van der Waals surface area (Å²) in [6, 6.07) is 8.34. The summed E-state index contributed by atoms with van der Waals surface area (Å²) in [6.45, 7) is 3.76. The van der Waals surface area contributed by atoms with E-state index in [2.05, 4.69) is 28.2 Å². The monoisotopic (exact) mass is 443 g/mol. The lowest BCUT2D eigenvalue weighted by atomic mass is 10.1. The summed E-state index contributed by atoms with van der Waals surface area (Å²) in [5.74, 6) is 0.806. The van der Waals surface area contributed by atoms with E-state index >= 15 is 0 Å². The Morgan fingerprint density at radius 1 is 1.15 bits per heavy atom. The molecule has 0 aliphatic rings. The van der Waals surface area contributed by atoms with E-state index in [1.54, 1.807) is 19.2 Å². The number of nitrogens with one attached hydrogen (secondary N) is 1. The molecule has 0 bridgehead atoms. The van der Waals surface area contributed by atoms with Gasteiger partial charge in [-0.15, -0.1) is 0 Å². The molecule has 0 fully saturated rings. The van der Waals surface area contributed by atoms with Crippen LogP contribution < -0.4 is 14.8 Å². The highest BCUT2D eigenvalue weighted by molar-refractivity contribution is 9.10. The van der Waals surface area contributed by atoms with E-state index in [1.807, 2.05) is 12.1 Å². The Bertz CT molecular complexity index is 707. The normalized spacial score (nSPS) is 10.8. The predicted molar refractivity (Wildman–Crippen MR) is 108 cm³/mol. The maximum Gasteiger partial charge on any atom is 0.167 e. The van der Waals surface area contributed by atoms with Gasteiger partial charge >= 0.3 is 0 Å². The Morgan fingerprint density at radius 2 is 1.96 bits per heavy atom. The number of hydrogen-bond acceptors (Lipinski definition) is 3. The first-order chi connectivity index (χ1) is 12.6. The zero-order valence-corrected chi connectivity index (χ0v) is 17.4. The van der Waals surface area contributed by atoms with Gasteiger partial charge in [0.25, 0.3) is 0 Å². The molecule has 6 heteroatoms. The lowest BCUT2D eigenvalue weighted by molar-refractivity contribution is 0.276. The molecule has 0 atom stereocenters. The van der Waals surface area contributed by atoms with Crippen molar-refractivity contribution in [3.8, 4) is 11.5 Å². The average Bonchev–Trinajstić information content (AvgIpc) is 2.63. The number of methoxy groups -OCH3 is 1. The standard InChI is InChI=1S/C20H24BrClFNO2/c1-3-4-5-11-24-12-14-16(21)9-10-19(25-2)20(14)26-13-15-17(22)7-6-8-18(15)23/h6-10,24H,3-5,11-13H2,1-2H3. The Hall–Kier alpha value is -1.30. The van der Waals surface area contributed by atoms with Gasteiger partial charge in [0, 0.05) is 22.1 Å². The topological polar surface area (TPSA) is 30.5 Å². The van der Waals surface area contributed by atoms with Gasteiger partial charge in [0.2, 0.25) is 0 Å². The Kier molecular flexibility index (Phi) is 8.69. The van der Waals surface area contributed by atoms with E-state index < -0.39 is 0 Å². The predicted octanol–water partition coefficient (Wildman–Crippen LogP) is 6.11. The summed E-state index contributed by atoms with van der Waals surface area (Å²) in [5, 5.41) is 3.77. The van der Waals surface area contributed by atoms with Crippen molar-refractivity contribution >= 4 is 27.5 Å². The van der Waals surface area contributed by atoms with E-state index in [-0.39, 0.29) is 12.4 Å². The first-order valence-electron chi connectivity index (χ1n) is 8.70. The molecule has 0 aliphatic heterocycles. The number of ether oxygens (including phenoxy) is 2. The molecule has 2 aromatic carbocycles. The van der Waals surface area contributed by atoms with Crippen molar-refractivity contribution in [1.29, 1.82) is 0 Å². The SMILES string of the molecule is CCCCCNCc1c(Br)ccc(OC)c1OCc1c(F)cccc1Cl. The minimum absolute atomic E-state index is 0.0289. The molecule has 0 unspecified atom stereocenters. The van der Waals surface area contributed by atoms with E-state index in [4.69, 9.17) is 21.1 Å². The molecule has 2 rings (SSSR count). The van der Waals surface area contributed by atoms with Crippen molar-refractivity contribution in [2.75, 3.05) is 13.7 Å². The molecule has 2 aromatic rings. The highest BCUT2D eigenvalue weighted by Crippen LogP contribution is 2.37. The molecule has 0 heterocycles. The molecule has 26 heavy (non-hydrogen) atoms. The molecular formula is C20H24BrClFNO2. The molecule has 0 amide bonds. The van der Waals surface area contributed by atoms with Gasteiger partial charge in [-0.25, -0.2) is 4.39 Å².